The molecule has 2 unspecified atom stereocenters. The minimum atomic E-state index is -0.345. The van der Waals surface area contributed by atoms with Gasteiger partial charge >= 0.3 is 0 Å². The Labute approximate surface area is 112 Å². The fraction of sp³-hybridized carbons (Fsp3) is 0.250. The predicted octanol–water partition coefficient (Wildman–Crippen LogP) is 4.02. The maximum Gasteiger partial charge on any atom is 0.0909 e. The smallest absolute Gasteiger partial charge is 0.0909 e. The number of rotatable bonds is 1. The summed E-state index contributed by atoms with van der Waals surface area (Å²) in [7, 11) is 0. The molecule has 1 aliphatic heterocycles. The van der Waals surface area contributed by atoms with Crippen molar-refractivity contribution in [3.8, 4) is 11.1 Å². The Bertz CT molecular complexity index is 550. The normalized spacial score (nSPS) is 22.6. The standard InChI is InChI=1S/C16H16OS/c1-11-16(17)15-9-13(7-8-14(15)10-18-11)12-5-3-2-4-6-12/h2-9,11,16-17H,10H2,1H3. The van der Waals surface area contributed by atoms with Gasteiger partial charge in [0.05, 0.1) is 6.10 Å². The van der Waals surface area contributed by atoms with Gasteiger partial charge in [-0.3, -0.25) is 0 Å². The maximum absolute atomic E-state index is 10.3. The number of benzene rings is 2. The predicted molar refractivity (Wildman–Crippen MR) is 77.6 cm³/mol. The van der Waals surface area contributed by atoms with Crippen LogP contribution in [-0.4, -0.2) is 10.4 Å². The molecule has 0 aromatic heterocycles. The van der Waals surface area contributed by atoms with Gasteiger partial charge < -0.3 is 5.11 Å². The van der Waals surface area contributed by atoms with Gasteiger partial charge in [0, 0.05) is 11.0 Å². The van der Waals surface area contributed by atoms with Crippen molar-refractivity contribution >= 4 is 11.8 Å². The van der Waals surface area contributed by atoms with Crippen LogP contribution in [0.3, 0.4) is 0 Å². The van der Waals surface area contributed by atoms with Crippen molar-refractivity contribution in [3.05, 3.63) is 59.7 Å². The van der Waals surface area contributed by atoms with E-state index >= 15 is 0 Å². The summed E-state index contributed by atoms with van der Waals surface area (Å²) >= 11 is 1.82. The van der Waals surface area contributed by atoms with Crippen molar-refractivity contribution < 1.29 is 5.11 Å². The van der Waals surface area contributed by atoms with Crippen LogP contribution in [0.25, 0.3) is 11.1 Å². The summed E-state index contributed by atoms with van der Waals surface area (Å²) in [5.41, 5.74) is 4.76. The molecule has 1 N–H and O–H groups in total. The summed E-state index contributed by atoms with van der Waals surface area (Å²) < 4.78 is 0. The first kappa shape index (κ1) is 11.8. The average Bonchev–Trinajstić information content (AvgIpc) is 2.44. The maximum atomic E-state index is 10.3. The van der Waals surface area contributed by atoms with Crippen LogP contribution in [0.15, 0.2) is 48.5 Å². The first-order valence-electron chi connectivity index (χ1n) is 6.23. The Morgan fingerprint density at radius 3 is 2.61 bits per heavy atom. The van der Waals surface area contributed by atoms with E-state index in [1.807, 2.05) is 30.0 Å². The highest BCUT2D eigenvalue weighted by molar-refractivity contribution is 7.99. The van der Waals surface area contributed by atoms with Crippen molar-refractivity contribution in [1.29, 1.82) is 0 Å². The Kier molecular flexibility index (Phi) is 3.14. The van der Waals surface area contributed by atoms with E-state index < -0.39 is 0 Å². The van der Waals surface area contributed by atoms with Gasteiger partial charge in [0.15, 0.2) is 0 Å². The molecular formula is C16H16OS. The molecule has 0 saturated heterocycles. The number of hydrogen-bond acceptors (Lipinski definition) is 2. The van der Waals surface area contributed by atoms with Crippen LogP contribution in [0, 0.1) is 0 Å². The summed E-state index contributed by atoms with van der Waals surface area (Å²) in [6.07, 6.45) is -0.345. The lowest BCUT2D eigenvalue weighted by atomic mass is 9.95. The van der Waals surface area contributed by atoms with Gasteiger partial charge in [0.2, 0.25) is 0 Å². The Balaban J connectivity index is 2.05. The zero-order valence-electron chi connectivity index (χ0n) is 10.3. The van der Waals surface area contributed by atoms with Gasteiger partial charge in [0.1, 0.15) is 0 Å². The van der Waals surface area contributed by atoms with Gasteiger partial charge in [-0.05, 0) is 28.3 Å². The molecule has 2 atom stereocenters. The molecule has 1 heterocycles. The third-order valence-electron chi connectivity index (χ3n) is 3.52. The minimum absolute atomic E-state index is 0.281. The fourth-order valence-corrected chi connectivity index (χ4v) is 3.41. The monoisotopic (exact) mass is 256 g/mol. The van der Waals surface area contributed by atoms with Crippen molar-refractivity contribution in [3.63, 3.8) is 0 Å². The highest BCUT2D eigenvalue weighted by atomic mass is 32.2. The lowest BCUT2D eigenvalue weighted by molar-refractivity contribution is 0.177. The topological polar surface area (TPSA) is 20.2 Å². The van der Waals surface area contributed by atoms with E-state index in [1.54, 1.807) is 0 Å². The van der Waals surface area contributed by atoms with Crippen LogP contribution in [0.5, 0.6) is 0 Å². The van der Waals surface area contributed by atoms with Crippen LogP contribution in [0.1, 0.15) is 24.2 Å². The Hall–Kier alpha value is -1.25. The van der Waals surface area contributed by atoms with Crippen molar-refractivity contribution in [2.24, 2.45) is 0 Å². The third-order valence-corrected chi connectivity index (χ3v) is 4.78. The number of aliphatic hydroxyl groups excluding tert-OH is 1. The number of thioether (sulfide) groups is 1. The van der Waals surface area contributed by atoms with Crippen molar-refractivity contribution in [1.82, 2.24) is 0 Å². The average molecular weight is 256 g/mol. The van der Waals surface area contributed by atoms with E-state index in [4.69, 9.17) is 0 Å². The van der Waals surface area contributed by atoms with E-state index in [1.165, 1.54) is 16.7 Å². The van der Waals surface area contributed by atoms with E-state index in [2.05, 4.69) is 37.3 Å². The van der Waals surface area contributed by atoms with Gasteiger partial charge in [-0.25, -0.2) is 0 Å². The lowest BCUT2D eigenvalue weighted by Crippen LogP contribution is -2.18. The zero-order chi connectivity index (χ0) is 12.5. The molecule has 0 spiro atoms. The molecule has 1 aliphatic rings. The highest BCUT2D eigenvalue weighted by Gasteiger charge is 2.25. The van der Waals surface area contributed by atoms with Crippen molar-refractivity contribution in [2.45, 2.75) is 24.0 Å². The van der Waals surface area contributed by atoms with E-state index in [-0.39, 0.29) is 11.4 Å². The summed E-state index contributed by atoms with van der Waals surface area (Å²) in [6, 6.07) is 16.8. The summed E-state index contributed by atoms with van der Waals surface area (Å²) in [4.78, 5) is 0. The molecule has 2 aromatic carbocycles. The van der Waals surface area contributed by atoms with Gasteiger partial charge in [-0.15, -0.1) is 0 Å². The van der Waals surface area contributed by atoms with Crippen LogP contribution in [0.2, 0.25) is 0 Å². The highest BCUT2D eigenvalue weighted by Crippen LogP contribution is 2.38. The SMILES string of the molecule is CC1SCc2ccc(-c3ccccc3)cc2C1O. The third kappa shape index (κ3) is 2.06. The molecule has 18 heavy (non-hydrogen) atoms. The minimum Gasteiger partial charge on any atom is -0.387 e. The van der Waals surface area contributed by atoms with Crippen LogP contribution < -0.4 is 0 Å². The van der Waals surface area contributed by atoms with Crippen molar-refractivity contribution in [2.75, 3.05) is 0 Å². The summed E-state index contributed by atoms with van der Waals surface area (Å²) in [6.45, 7) is 2.09. The fourth-order valence-electron chi connectivity index (χ4n) is 2.38. The van der Waals surface area contributed by atoms with Gasteiger partial charge in [-0.2, -0.15) is 11.8 Å². The molecule has 0 bridgehead atoms. The largest absolute Gasteiger partial charge is 0.387 e. The molecule has 92 valence electrons. The van der Waals surface area contributed by atoms with E-state index in [0.717, 1.165) is 11.3 Å². The second-order valence-electron chi connectivity index (χ2n) is 4.74. The van der Waals surface area contributed by atoms with Crippen LogP contribution >= 0.6 is 11.8 Å². The first-order valence-corrected chi connectivity index (χ1v) is 7.28. The summed E-state index contributed by atoms with van der Waals surface area (Å²) in [5.74, 6) is 1.00. The number of hydrogen-bond donors (Lipinski definition) is 1. The van der Waals surface area contributed by atoms with E-state index in [9.17, 15) is 5.11 Å². The summed E-state index contributed by atoms with van der Waals surface area (Å²) in [5, 5.41) is 10.6. The molecule has 0 aliphatic carbocycles. The van der Waals surface area contributed by atoms with Gasteiger partial charge in [0.25, 0.3) is 0 Å². The molecule has 0 fully saturated rings. The molecule has 0 radical (unpaired) electrons. The molecule has 3 rings (SSSR count). The first-order chi connectivity index (χ1) is 8.75. The second-order valence-corrected chi connectivity index (χ2v) is 6.11. The van der Waals surface area contributed by atoms with Crippen LogP contribution in [0.4, 0.5) is 0 Å². The Morgan fingerprint density at radius 1 is 1.06 bits per heavy atom. The zero-order valence-corrected chi connectivity index (χ0v) is 11.2. The number of fused-ring (bicyclic) bond motifs is 1. The molecular weight excluding hydrogens is 240 g/mol. The quantitative estimate of drug-likeness (QED) is 0.831. The van der Waals surface area contributed by atoms with Crippen LogP contribution in [-0.2, 0) is 5.75 Å². The molecule has 2 aromatic rings. The molecule has 0 amide bonds. The second kappa shape index (κ2) is 4.79. The van der Waals surface area contributed by atoms with E-state index in [0.29, 0.717) is 0 Å². The molecule has 2 heteroatoms. The Morgan fingerprint density at radius 2 is 1.83 bits per heavy atom. The van der Waals surface area contributed by atoms with Gasteiger partial charge in [-0.1, -0.05) is 49.4 Å². The molecule has 1 nitrogen and oxygen atoms in total. The number of aliphatic hydroxyl groups is 1. The molecule has 0 saturated carbocycles. The lowest BCUT2D eigenvalue weighted by Gasteiger charge is -2.27.